The molecule has 0 atom stereocenters. The zero-order chi connectivity index (χ0) is 5.54. The standard InChI is InChI=1S/C4H6N2S/c1-5-6-3-4-7-2/h4H,1H2,2H3. The van der Waals surface area contributed by atoms with E-state index in [0.717, 1.165) is 0 Å². The van der Waals surface area contributed by atoms with E-state index in [-0.39, 0.29) is 0 Å². The molecule has 0 aliphatic heterocycles. The maximum atomic E-state index is 3.35. The van der Waals surface area contributed by atoms with E-state index in [9.17, 15) is 0 Å². The molecule has 0 unspecified atom stereocenters. The minimum absolute atomic E-state index is 1.52. The second kappa shape index (κ2) is 5.47. The van der Waals surface area contributed by atoms with Crippen LogP contribution in [0.25, 0.3) is 0 Å². The second-order valence-corrected chi connectivity index (χ2v) is 1.43. The smallest absolute Gasteiger partial charge is 0.0341 e. The zero-order valence-corrected chi connectivity index (χ0v) is 4.90. The van der Waals surface area contributed by atoms with Crippen molar-refractivity contribution in [1.82, 2.24) is 0 Å². The highest BCUT2D eigenvalue weighted by Crippen LogP contribution is 1.86. The van der Waals surface area contributed by atoms with E-state index < -0.39 is 0 Å². The predicted molar refractivity (Wildman–Crippen MR) is 35.1 cm³/mol. The van der Waals surface area contributed by atoms with Crippen molar-refractivity contribution in [2.24, 2.45) is 10.2 Å². The highest BCUT2D eigenvalue weighted by molar-refractivity contribution is 8.01. The number of hydrogen-bond acceptors (Lipinski definition) is 3. The SMILES string of the molecule is C=NN=C=CSC. The van der Waals surface area contributed by atoms with Gasteiger partial charge in [0, 0.05) is 18.0 Å². The van der Waals surface area contributed by atoms with Crippen molar-refractivity contribution in [2.45, 2.75) is 0 Å². The molecule has 0 aromatic rings. The zero-order valence-electron chi connectivity index (χ0n) is 4.09. The van der Waals surface area contributed by atoms with Crippen molar-refractivity contribution in [3.63, 3.8) is 0 Å². The third kappa shape index (κ3) is 5.47. The molecular formula is C4H6N2S. The van der Waals surface area contributed by atoms with Crippen LogP contribution in [-0.4, -0.2) is 18.8 Å². The fourth-order valence-corrected chi connectivity index (χ4v) is 0.270. The van der Waals surface area contributed by atoms with Crippen molar-refractivity contribution >= 4 is 24.3 Å². The molecule has 0 aliphatic carbocycles. The molecule has 0 aromatic heterocycles. The van der Waals surface area contributed by atoms with Gasteiger partial charge in [0.15, 0.2) is 0 Å². The van der Waals surface area contributed by atoms with Crippen LogP contribution in [0.4, 0.5) is 0 Å². The highest BCUT2D eigenvalue weighted by Gasteiger charge is 1.54. The quantitative estimate of drug-likeness (QED) is 0.390. The Kier molecular flexibility index (Phi) is 5.06. The summed E-state index contributed by atoms with van der Waals surface area (Å²) in [6.07, 6.45) is 1.92. The predicted octanol–water partition coefficient (Wildman–Crippen LogP) is 1.15. The highest BCUT2D eigenvalue weighted by atomic mass is 32.2. The average Bonchev–Trinajstić information content (AvgIpc) is 1.69. The maximum Gasteiger partial charge on any atom is 0.0341 e. The van der Waals surface area contributed by atoms with Gasteiger partial charge in [0.1, 0.15) is 0 Å². The van der Waals surface area contributed by atoms with E-state index in [1.807, 2.05) is 6.26 Å². The van der Waals surface area contributed by atoms with Crippen molar-refractivity contribution in [2.75, 3.05) is 6.26 Å². The van der Waals surface area contributed by atoms with Crippen molar-refractivity contribution in [1.29, 1.82) is 0 Å². The lowest BCUT2D eigenvalue weighted by Gasteiger charge is -1.63. The van der Waals surface area contributed by atoms with Crippen LogP contribution in [0.15, 0.2) is 15.6 Å². The summed E-state index contributed by atoms with van der Waals surface area (Å²) in [5.41, 5.74) is 0. The van der Waals surface area contributed by atoms with Gasteiger partial charge in [-0.25, -0.2) is 0 Å². The number of hydrogen-bond donors (Lipinski definition) is 0. The van der Waals surface area contributed by atoms with Gasteiger partial charge in [-0.1, -0.05) is 0 Å². The van der Waals surface area contributed by atoms with Crippen LogP contribution in [0.5, 0.6) is 0 Å². The molecule has 0 heterocycles. The molecule has 0 fully saturated rings. The fraction of sp³-hybridized carbons (Fsp3) is 0.250. The molecule has 0 amide bonds. The van der Waals surface area contributed by atoms with Gasteiger partial charge >= 0.3 is 0 Å². The van der Waals surface area contributed by atoms with E-state index in [2.05, 4.69) is 22.8 Å². The maximum absolute atomic E-state index is 3.35. The molecule has 0 radical (unpaired) electrons. The van der Waals surface area contributed by atoms with Gasteiger partial charge in [-0.3, -0.25) is 0 Å². The van der Waals surface area contributed by atoms with Gasteiger partial charge in [0.25, 0.3) is 0 Å². The lowest BCUT2D eigenvalue weighted by Crippen LogP contribution is -1.46. The monoisotopic (exact) mass is 114 g/mol. The van der Waals surface area contributed by atoms with Gasteiger partial charge in [-0.15, -0.1) is 16.9 Å². The Bertz CT molecular complexity index is 102. The number of thioether (sulfide) groups is 1. The molecular weight excluding hydrogens is 108 g/mol. The van der Waals surface area contributed by atoms with E-state index in [0.29, 0.717) is 0 Å². The molecule has 3 heteroatoms. The minimum Gasteiger partial charge on any atom is -0.158 e. The van der Waals surface area contributed by atoms with Gasteiger partial charge in [-0.05, 0) is 6.26 Å². The van der Waals surface area contributed by atoms with Crippen molar-refractivity contribution in [3.05, 3.63) is 5.41 Å². The van der Waals surface area contributed by atoms with E-state index in [1.165, 1.54) is 11.8 Å². The molecule has 7 heavy (non-hydrogen) atoms. The Labute approximate surface area is 47.0 Å². The molecule has 0 aliphatic rings. The molecule has 0 saturated heterocycles. The summed E-state index contributed by atoms with van der Waals surface area (Å²) in [6, 6.07) is 0. The van der Waals surface area contributed by atoms with Crippen molar-refractivity contribution < 1.29 is 0 Å². The third-order valence-corrected chi connectivity index (χ3v) is 0.640. The molecule has 0 bridgehead atoms. The first-order chi connectivity index (χ1) is 3.41. The van der Waals surface area contributed by atoms with Gasteiger partial charge in [0.05, 0.1) is 0 Å². The van der Waals surface area contributed by atoms with Crippen LogP contribution in [-0.2, 0) is 0 Å². The Morgan fingerprint density at radius 2 is 2.57 bits per heavy atom. The van der Waals surface area contributed by atoms with Crippen LogP contribution in [0.2, 0.25) is 0 Å². The topological polar surface area (TPSA) is 24.7 Å². The third-order valence-electron chi connectivity index (χ3n) is 0.299. The van der Waals surface area contributed by atoms with Crippen LogP contribution in [0, 0.1) is 0 Å². The molecule has 38 valence electrons. The first kappa shape index (κ1) is 6.47. The van der Waals surface area contributed by atoms with Crippen molar-refractivity contribution in [3.8, 4) is 0 Å². The summed E-state index contributed by atoms with van der Waals surface area (Å²) in [4.78, 5) is 0. The summed E-state index contributed by atoms with van der Waals surface area (Å²) >= 11 is 1.52. The van der Waals surface area contributed by atoms with E-state index >= 15 is 0 Å². The Morgan fingerprint density at radius 3 is 3.00 bits per heavy atom. The van der Waals surface area contributed by atoms with Gasteiger partial charge < -0.3 is 0 Å². The van der Waals surface area contributed by atoms with E-state index in [4.69, 9.17) is 0 Å². The summed E-state index contributed by atoms with van der Waals surface area (Å²) in [6.45, 7) is 3.12. The molecule has 0 N–H and O–H groups in total. The van der Waals surface area contributed by atoms with Gasteiger partial charge in [0.2, 0.25) is 0 Å². The molecule has 0 spiro atoms. The first-order valence-corrected chi connectivity index (χ1v) is 2.96. The Morgan fingerprint density at radius 1 is 1.86 bits per heavy atom. The summed E-state index contributed by atoms with van der Waals surface area (Å²) in [7, 11) is 0. The first-order valence-electron chi connectivity index (χ1n) is 1.67. The molecule has 0 rings (SSSR count). The molecule has 2 nitrogen and oxygen atoms in total. The Balaban J connectivity index is 3.40. The van der Waals surface area contributed by atoms with Crippen LogP contribution in [0.3, 0.4) is 0 Å². The number of rotatable bonds is 2. The van der Waals surface area contributed by atoms with Crippen LogP contribution < -0.4 is 0 Å². The summed E-state index contributed by atoms with van der Waals surface area (Å²) in [5.74, 6) is 2.52. The molecule has 0 saturated carbocycles. The molecule has 0 aromatic carbocycles. The second-order valence-electron chi connectivity index (χ2n) is 0.724. The average molecular weight is 114 g/mol. The Hall–Kier alpha value is -0.530. The van der Waals surface area contributed by atoms with Crippen LogP contribution in [0.1, 0.15) is 0 Å². The fourth-order valence-electron chi connectivity index (χ4n) is 0.117. The lowest BCUT2D eigenvalue weighted by molar-refractivity contribution is 1.29. The normalized spacial score (nSPS) is 6.43. The summed E-state index contributed by atoms with van der Waals surface area (Å²) in [5, 5.41) is 8.24. The van der Waals surface area contributed by atoms with E-state index in [1.54, 1.807) is 5.41 Å². The lowest BCUT2D eigenvalue weighted by atomic mass is 11.2. The van der Waals surface area contributed by atoms with Crippen LogP contribution >= 0.6 is 11.8 Å². The summed E-state index contributed by atoms with van der Waals surface area (Å²) < 4.78 is 0. The minimum atomic E-state index is 1.52. The number of nitrogens with zero attached hydrogens (tertiary/aromatic N) is 2. The van der Waals surface area contributed by atoms with Gasteiger partial charge in [-0.2, -0.15) is 5.10 Å². The largest absolute Gasteiger partial charge is 0.158 e.